The maximum absolute atomic E-state index is 13.2. The molecular formula is C23H27N3O4S2. The highest BCUT2D eigenvalue weighted by atomic mass is 32.2. The number of amides is 1. The van der Waals surface area contributed by atoms with Crippen molar-refractivity contribution in [2.75, 3.05) is 50.0 Å². The van der Waals surface area contributed by atoms with Crippen LogP contribution in [0.5, 0.6) is 0 Å². The molecule has 1 aromatic heterocycles. The maximum atomic E-state index is 13.2. The second kappa shape index (κ2) is 10.1. The first-order chi connectivity index (χ1) is 15.4. The molecule has 1 aliphatic heterocycles. The van der Waals surface area contributed by atoms with Crippen LogP contribution in [-0.4, -0.2) is 69.4 Å². The molecule has 1 amide bonds. The molecule has 0 aliphatic carbocycles. The number of sulfone groups is 1. The van der Waals surface area contributed by atoms with Gasteiger partial charge in [-0.3, -0.25) is 14.6 Å². The van der Waals surface area contributed by atoms with Gasteiger partial charge < -0.3 is 4.74 Å². The van der Waals surface area contributed by atoms with Crippen LogP contribution in [0.15, 0.2) is 53.4 Å². The second-order valence-corrected chi connectivity index (χ2v) is 11.0. The summed E-state index contributed by atoms with van der Waals surface area (Å²) in [6.45, 7) is 6.19. The molecule has 4 rings (SSSR count). The van der Waals surface area contributed by atoms with E-state index in [1.165, 1.54) is 11.3 Å². The Labute approximate surface area is 192 Å². The predicted octanol–water partition coefficient (Wildman–Crippen LogP) is 3.13. The molecule has 3 aromatic rings. The van der Waals surface area contributed by atoms with Crippen molar-refractivity contribution in [3.05, 3.63) is 54.1 Å². The molecule has 170 valence electrons. The fraction of sp³-hybridized carbons (Fsp3) is 0.391. The molecular weight excluding hydrogens is 446 g/mol. The number of anilines is 1. The molecule has 0 spiro atoms. The fourth-order valence-electron chi connectivity index (χ4n) is 3.63. The molecule has 2 heterocycles. The third-order valence-electron chi connectivity index (χ3n) is 5.50. The number of hydrogen-bond donors (Lipinski definition) is 0. The van der Waals surface area contributed by atoms with Crippen molar-refractivity contribution in [2.24, 2.45) is 0 Å². The summed E-state index contributed by atoms with van der Waals surface area (Å²) in [6, 6.07) is 14.3. The summed E-state index contributed by atoms with van der Waals surface area (Å²) < 4.78 is 31.8. The number of rotatable bonds is 8. The number of carbonyl (C=O) groups is 1. The monoisotopic (exact) mass is 473 g/mol. The van der Waals surface area contributed by atoms with Crippen LogP contribution in [0, 0.1) is 6.92 Å². The summed E-state index contributed by atoms with van der Waals surface area (Å²) in [5, 5.41) is 0.612. The molecule has 9 heteroatoms. The molecule has 1 aliphatic rings. The van der Waals surface area contributed by atoms with Crippen LogP contribution in [-0.2, 0) is 19.4 Å². The number of carbonyl (C=O) groups excluding carboxylic acids is 1. The first-order valence-electron chi connectivity index (χ1n) is 10.7. The zero-order valence-corrected chi connectivity index (χ0v) is 19.7. The number of hydrogen-bond acceptors (Lipinski definition) is 7. The Kier molecular flexibility index (Phi) is 7.20. The van der Waals surface area contributed by atoms with Gasteiger partial charge >= 0.3 is 0 Å². The van der Waals surface area contributed by atoms with Crippen molar-refractivity contribution in [3.63, 3.8) is 0 Å². The Morgan fingerprint density at radius 2 is 1.91 bits per heavy atom. The number of nitrogens with zero attached hydrogens (tertiary/aromatic N) is 3. The number of ether oxygens (including phenoxy) is 1. The summed E-state index contributed by atoms with van der Waals surface area (Å²) >= 11 is 1.47. The molecule has 7 nitrogen and oxygen atoms in total. The smallest absolute Gasteiger partial charge is 0.229 e. The van der Waals surface area contributed by atoms with Gasteiger partial charge in [-0.25, -0.2) is 13.4 Å². The molecule has 2 aromatic carbocycles. The van der Waals surface area contributed by atoms with Crippen molar-refractivity contribution in [3.8, 4) is 0 Å². The second-order valence-electron chi connectivity index (χ2n) is 7.85. The zero-order valence-electron chi connectivity index (χ0n) is 18.1. The van der Waals surface area contributed by atoms with Crippen LogP contribution >= 0.6 is 11.3 Å². The van der Waals surface area contributed by atoms with E-state index in [1.807, 2.05) is 19.1 Å². The fourth-order valence-corrected chi connectivity index (χ4v) is 5.99. The zero-order chi connectivity index (χ0) is 22.6. The third kappa shape index (κ3) is 5.53. The SMILES string of the molecule is Cc1ccc2nc(N(CCN3CCOCC3)C(=O)CCS(=O)(=O)c3ccccc3)sc2c1. The predicted molar refractivity (Wildman–Crippen MR) is 127 cm³/mol. The molecule has 0 saturated carbocycles. The summed E-state index contributed by atoms with van der Waals surface area (Å²) in [5.74, 6) is -0.456. The minimum absolute atomic E-state index is 0.0880. The molecule has 1 fully saturated rings. The number of benzene rings is 2. The van der Waals surface area contributed by atoms with Gasteiger partial charge in [-0.1, -0.05) is 35.6 Å². The lowest BCUT2D eigenvalue weighted by Crippen LogP contribution is -2.43. The molecule has 0 N–H and O–H groups in total. The van der Waals surface area contributed by atoms with Gasteiger partial charge in [0.1, 0.15) is 0 Å². The summed E-state index contributed by atoms with van der Waals surface area (Å²) in [7, 11) is -3.53. The molecule has 32 heavy (non-hydrogen) atoms. The molecule has 0 atom stereocenters. The van der Waals surface area contributed by atoms with Crippen LogP contribution in [0.2, 0.25) is 0 Å². The lowest BCUT2D eigenvalue weighted by molar-refractivity contribution is -0.118. The number of fused-ring (bicyclic) bond motifs is 1. The van der Waals surface area contributed by atoms with E-state index in [2.05, 4.69) is 16.0 Å². The Balaban J connectivity index is 1.52. The van der Waals surface area contributed by atoms with Gasteiger partial charge in [0.05, 0.1) is 34.1 Å². The Hall–Kier alpha value is -2.33. The summed E-state index contributed by atoms with van der Waals surface area (Å²) in [6.07, 6.45) is -0.0880. The van der Waals surface area contributed by atoms with Crippen molar-refractivity contribution in [2.45, 2.75) is 18.2 Å². The van der Waals surface area contributed by atoms with Gasteiger partial charge in [0.2, 0.25) is 5.91 Å². The summed E-state index contributed by atoms with van der Waals surface area (Å²) in [5.41, 5.74) is 1.98. The topological polar surface area (TPSA) is 79.8 Å². The van der Waals surface area contributed by atoms with E-state index in [4.69, 9.17) is 4.74 Å². The largest absolute Gasteiger partial charge is 0.379 e. The van der Waals surface area contributed by atoms with E-state index in [0.29, 0.717) is 31.4 Å². The van der Waals surface area contributed by atoms with Crippen LogP contribution in [0.25, 0.3) is 10.2 Å². The normalized spacial score (nSPS) is 15.2. The Bertz CT molecular complexity index is 1170. The van der Waals surface area contributed by atoms with Crippen LogP contribution in [0.4, 0.5) is 5.13 Å². The standard InChI is InChI=1S/C23H27N3O4S2/c1-18-7-8-20-21(17-18)31-23(24-20)26(11-10-25-12-14-30-15-13-25)22(27)9-16-32(28,29)19-5-3-2-4-6-19/h2-8,17H,9-16H2,1H3. The van der Waals surface area contributed by atoms with E-state index in [1.54, 1.807) is 35.2 Å². The minimum atomic E-state index is -3.53. The molecule has 1 saturated heterocycles. The third-order valence-corrected chi connectivity index (χ3v) is 8.27. The molecule has 0 radical (unpaired) electrons. The first kappa shape index (κ1) is 22.8. The van der Waals surface area contributed by atoms with Gasteiger partial charge in [-0.15, -0.1) is 0 Å². The van der Waals surface area contributed by atoms with Gasteiger partial charge in [-0.05, 0) is 36.8 Å². The van der Waals surface area contributed by atoms with Gasteiger partial charge in [0.15, 0.2) is 15.0 Å². The minimum Gasteiger partial charge on any atom is -0.379 e. The highest BCUT2D eigenvalue weighted by Gasteiger charge is 2.24. The molecule has 0 bridgehead atoms. The Morgan fingerprint density at radius 3 is 2.66 bits per heavy atom. The first-order valence-corrected chi connectivity index (χ1v) is 13.1. The maximum Gasteiger partial charge on any atom is 0.229 e. The quantitative estimate of drug-likeness (QED) is 0.500. The molecule has 0 unspecified atom stereocenters. The van der Waals surface area contributed by atoms with Gasteiger partial charge in [-0.2, -0.15) is 0 Å². The van der Waals surface area contributed by atoms with Crippen molar-refractivity contribution in [1.29, 1.82) is 0 Å². The highest BCUT2D eigenvalue weighted by Crippen LogP contribution is 2.30. The Morgan fingerprint density at radius 1 is 1.16 bits per heavy atom. The average molecular weight is 474 g/mol. The van der Waals surface area contributed by atoms with E-state index in [9.17, 15) is 13.2 Å². The van der Waals surface area contributed by atoms with E-state index in [-0.39, 0.29) is 23.0 Å². The lowest BCUT2D eigenvalue weighted by Gasteiger charge is -2.29. The van der Waals surface area contributed by atoms with E-state index >= 15 is 0 Å². The number of aryl methyl sites for hydroxylation is 1. The highest BCUT2D eigenvalue weighted by molar-refractivity contribution is 7.91. The van der Waals surface area contributed by atoms with Gasteiger partial charge in [0.25, 0.3) is 0 Å². The van der Waals surface area contributed by atoms with E-state index < -0.39 is 9.84 Å². The van der Waals surface area contributed by atoms with Crippen LogP contribution in [0.3, 0.4) is 0 Å². The number of thiazole rings is 1. The van der Waals surface area contributed by atoms with Crippen molar-refractivity contribution < 1.29 is 17.9 Å². The summed E-state index contributed by atoms with van der Waals surface area (Å²) in [4.78, 5) is 22.0. The average Bonchev–Trinajstić information content (AvgIpc) is 3.22. The van der Waals surface area contributed by atoms with Gasteiger partial charge in [0, 0.05) is 32.6 Å². The number of morpholine rings is 1. The van der Waals surface area contributed by atoms with Crippen molar-refractivity contribution >= 4 is 42.4 Å². The van der Waals surface area contributed by atoms with Crippen LogP contribution in [0.1, 0.15) is 12.0 Å². The number of aromatic nitrogens is 1. The van der Waals surface area contributed by atoms with Crippen molar-refractivity contribution in [1.82, 2.24) is 9.88 Å². The lowest BCUT2D eigenvalue weighted by atomic mass is 10.2. The van der Waals surface area contributed by atoms with E-state index in [0.717, 1.165) is 28.9 Å². The van der Waals surface area contributed by atoms with Crippen LogP contribution < -0.4 is 4.90 Å².